The van der Waals surface area contributed by atoms with E-state index in [0.29, 0.717) is 29.8 Å². The van der Waals surface area contributed by atoms with E-state index in [-0.39, 0.29) is 16.9 Å². The number of rotatable bonds is 3. The van der Waals surface area contributed by atoms with Crippen LogP contribution < -0.4 is 0 Å². The molecule has 2 unspecified atom stereocenters. The predicted octanol–water partition coefficient (Wildman–Crippen LogP) is 4.80. The molecule has 0 saturated heterocycles. The molecule has 26 heavy (non-hydrogen) atoms. The Labute approximate surface area is 157 Å². The minimum absolute atomic E-state index is 0.0668. The van der Waals surface area contributed by atoms with Gasteiger partial charge in [0.2, 0.25) is 0 Å². The van der Waals surface area contributed by atoms with E-state index in [4.69, 9.17) is 4.74 Å². The number of carbonyl (C=O) groups is 2. The van der Waals surface area contributed by atoms with E-state index in [1.165, 1.54) is 11.1 Å². The van der Waals surface area contributed by atoms with Crippen LogP contribution in [-0.4, -0.2) is 24.8 Å². The lowest BCUT2D eigenvalue weighted by atomic mass is 9.51. The zero-order valence-electron chi connectivity index (χ0n) is 16.7. The van der Waals surface area contributed by atoms with Crippen molar-refractivity contribution in [1.29, 1.82) is 0 Å². The van der Waals surface area contributed by atoms with Gasteiger partial charge in [-0.15, -0.1) is 0 Å². The Bertz CT molecular complexity index is 715. The maximum absolute atomic E-state index is 13.2. The number of methoxy groups -OCH3 is 1. The normalized spacial score (nSPS) is 40.5. The van der Waals surface area contributed by atoms with Gasteiger partial charge in [-0.2, -0.15) is 0 Å². The quantitative estimate of drug-likeness (QED) is 0.729. The highest BCUT2D eigenvalue weighted by Crippen LogP contribution is 2.67. The number of carbonyl (C=O) groups excluding carboxylic acids is 2. The van der Waals surface area contributed by atoms with E-state index in [2.05, 4.69) is 13.8 Å². The lowest BCUT2D eigenvalue weighted by molar-refractivity contribution is -0.146. The lowest BCUT2D eigenvalue weighted by Crippen LogP contribution is -2.50. The van der Waals surface area contributed by atoms with Crippen molar-refractivity contribution in [2.24, 2.45) is 22.7 Å². The molecule has 0 aliphatic heterocycles. The smallest absolute Gasteiger partial charge is 0.167 e. The van der Waals surface area contributed by atoms with Crippen LogP contribution in [0.4, 0.5) is 0 Å². The summed E-state index contributed by atoms with van der Waals surface area (Å²) in [6.07, 6.45) is 9.74. The average Bonchev–Trinajstić information content (AvgIpc) is 2.92. The summed E-state index contributed by atoms with van der Waals surface area (Å²) >= 11 is 0. The van der Waals surface area contributed by atoms with Crippen molar-refractivity contribution in [3.05, 3.63) is 22.8 Å². The molecule has 5 atom stereocenters. The van der Waals surface area contributed by atoms with Crippen LogP contribution in [0.5, 0.6) is 0 Å². The number of allylic oxidation sites excluding steroid dienone is 4. The van der Waals surface area contributed by atoms with E-state index in [9.17, 15) is 9.59 Å². The number of Topliss-reactive ketones (excluding diaryl/α,β-unsaturated/α-hetero) is 1. The van der Waals surface area contributed by atoms with E-state index in [1.807, 2.05) is 13.0 Å². The molecule has 4 aliphatic carbocycles. The molecule has 3 heteroatoms. The zero-order chi connectivity index (χ0) is 18.7. The maximum atomic E-state index is 13.2. The van der Waals surface area contributed by atoms with Gasteiger partial charge in [0.05, 0.1) is 0 Å². The first-order valence-electron chi connectivity index (χ1n) is 10.3. The van der Waals surface area contributed by atoms with Gasteiger partial charge in [0.1, 0.15) is 6.10 Å². The van der Waals surface area contributed by atoms with Gasteiger partial charge in [0.25, 0.3) is 0 Å². The summed E-state index contributed by atoms with van der Waals surface area (Å²) < 4.78 is 5.40. The second-order valence-corrected chi connectivity index (χ2v) is 9.42. The molecule has 0 aromatic carbocycles. The van der Waals surface area contributed by atoms with Crippen molar-refractivity contribution in [3.63, 3.8) is 0 Å². The Morgan fingerprint density at radius 2 is 1.92 bits per heavy atom. The Kier molecular flexibility index (Phi) is 4.30. The SMILES string of the molecule is CO[C@@H](C)C(=O)[C@@]1(C)CCC2C3CCC4=CC(=O)CCC4=C3CC[C@@]21C. The van der Waals surface area contributed by atoms with Crippen molar-refractivity contribution in [2.75, 3.05) is 7.11 Å². The van der Waals surface area contributed by atoms with Crippen molar-refractivity contribution >= 4 is 11.6 Å². The fourth-order valence-electron chi connectivity index (χ4n) is 6.76. The van der Waals surface area contributed by atoms with Crippen LogP contribution in [0.1, 0.15) is 72.1 Å². The first kappa shape index (κ1) is 18.2. The minimum Gasteiger partial charge on any atom is -0.374 e. The standard InChI is InChI=1S/C23H32O3/c1-14(26-4)21(25)23(3)12-10-20-19-7-5-15-13-16(24)6-8-17(15)18(19)9-11-22(20,23)2/h13-14,19-20H,5-12H2,1-4H3/t14-,19?,20?,22-,23+/m0/s1. The average molecular weight is 357 g/mol. The van der Waals surface area contributed by atoms with Crippen LogP contribution in [0.2, 0.25) is 0 Å². The second kappa shape index (κ2) is 6.15. The summed E-state index contributed by atoms with van der Waals surface area (Å²) in [6.45, 7) is 6.48. The van der Waals surface area contributed by atoms with E-state index >= 15 is 0 Å². The Morgan fingerprint density at radius 1 is 1.15 bits per heavy atom. The summed E-state index contributed by atoms with van der Waals surface area (Å²) in [5, 5.41) is 0. The zero-order valence-corrected chi connectivity index (χ0v) is 16.7. The number of ether oxygens (including phenoxy) is 1. The number of hydrogen-bond acceptors (Lipinski definition) is 3. The van der Waals surface area contributed by atoms with Gasteiger partial charge in [-0.3, -0.25) is 9.59 Å². The highest BCUT2D eigenvalue weighted by atomic mass is 16.5. The molecular formula is C23H32O3. The molecule has 0 aromatic heterocycles. The number of hydrogen-bond donors (Lipinski definition) is 0. The predicted molar refractivity (Wildman–Crippen MR) is 102 cm³/mol. The number of fused-ring (bicyclic) bond motifs is 4. The molecule has 2 saturated carbocycles. The van der Waals surface area contributed by atoms with Crippen molar-refractivity contribution in [3.8, 4) is 0 Å². The van der Waals surface area contributed by atoms with Crippen molar-refractivity contribution in [2.45, 2.75) is 78.2 Å². The summed E-state index contributed by atoms with van der Waals surface area (Å²) in [7, 11) is 1.64. The molecule has 4 rings (SSSR count). The highest BCUT2D eigenvalue weighted by Gasteiger charge is 2.62. The van der Waals surface area contributed by atoms with Crippen molar-refractivity contribution in [1.82, 2.24) is 0 Å². The first-order valence-corrected chi connectivity index (χ1v) is 10.3. The molecule has 0 amide bonds. The third-order valence-corrected chi connectivity index (χ3v) is 8.60. The van der Waals surface area contributed by atoms with Gasteiger partial charge in [-0.25, -0.2) is 0 Å². The van der Waals surface area contributed by atoms with Crippen molar-refractivity contribution < 1.29 is 14.3 Å². The van der Waals surface area contributed by atoms with Gasteiger partial charge >= 0.3 is 0 Å². The van der Waals surface area contributed by atoms with Crippen LogP contribution in [0, 0.1) is 22.7 Å². The molecule has 0 bridgehead atoms. The van der Waals surface area contributed by atoms with Crippen LogP contribution >= 0.6 is 0 Å². The van der Waals surface area contributed by atoms with E-state index in [1.54, 1.807) is 12.7 Å². The molecule has 0 heterocycles. The minimum atomic E-state index is -0.319. The van der Waals surface area contributed by atoms with Crippen LogP contribution in [0.15, 0.2) is 22.8 Å². The molecule has 0 aromatic rings. The highest BCUT2D eigenvalue weighted by molar-refractivity contribution is 5.93. The Hall–Kier alpha value is -1.22. The van der Waals surface area contributed by atoms with Gasteiger partial charge in [0.15, 0.2) is 11.6 Å². The molecule has 0 spiro atoms. The fourth-order valence-corrected chi connectivity index (χ4v) is 6.76. The van der Waals surface area contributed by atoms with Crippen LogP contribution in [-0.2, 0) is 14.3 Å². The maximum Gasteiger partial charge on any atom is 0.167 e. The lowest BCUT2D eigenvalue weighted by Gasteiger charge is -2.52. The fraction of sp³-hybridized carbons (Fsp3) is 0.739. The molecule has 2 fully saturated rings. The summed E-state index contributed by atoms with van der Waals surface area (Å²) in [4.78, 5) is 25.0. The summed E-state index contributed by atoms with van der Waals surface area (Å²) in [5.41, 5.74) is 4.25. The topological polar surface area (TPSA) is 43.4 Å². The molecule has 3 nitrogen and oxygen atoms in total. The Balaban J connectivity index is 1.69. The van der Waals surface area contributed by atoms with E-state index in [0.717, 1.165) is 44.9 Å². The summed E-state index contributed by atoms with van der Waals surface area (Å²) in [6, 6.07) is 0. The third-order valence-electron chi connectivity index (χ3n) is 8.60. The monoisotopic (exact) mass is 356 g/mol. The van der Waals surface area contributed by atoms with Gasteiger partial charge < -0.3 is 4.74 Å². The molecular weight excluding hydrogens is 324 g/mol. The largest absolute Gasteiger partial charge is 0.374 e. The van der Waals surface area contributed by atoms with Gasteiger partial charge in [-0.1, -0.05) is 19.4 Å². The van der Waals surface area contributed by atoms with Crippen LogP contribution in [0.3, 0.4) is 0 Å². The first-order chi connectivity index (χ1) is 12.3. The van der Waals surface area contributed by atoms with Crippen LogP contribution in [0.25, 0.3) is 0 Å². The third kappa shape index (κ3) is 2.35. The molecule has 0 radical (unpaired) electrons. The van der Waals surface area contributed by atoms with E-state index < -0.39 is 0 Å². The molecule has 142 valence electrons. The second-order valence-electron chi connectivity index (χ2n) is 9.42. The summed E-state index contributed by atoms with van der Waals surface area (Å²) in [5.74, 6) is 1.80. The molecule has 0 N–H and O–H groups in total. The Morgan fingerprint density at radius 3 is 2.65 bits per heavy atom. The number of ketones is 2. The molecule has 4 aliphatic rings. The van der Waals surface area contributed by atoms with Gasteiger partial charge in [-0.05, 0) is 86.3 Å². The van der Waals surface area contributed by atoms with Gasteiger partial charge in [0, 0.05) is 18.9 Å².